The molecule has 0 radical (unpaired) electrons. The van der Waals surface area contributed by atoms with Gasteiger partial charge in [0, 0.05) is 25.2 Å². The van der Waals surface area contributed by atoms with Crippen molar-refractivity contribution in [2.45, 2.75) is 71.6 Å². The van der Waals surface area contributed by atoms with Crippen molar-refractivity contribution in [2.24, 2.45) is 0 Å². The van der Waals surface area contributed by atoms with Crippen LogP contribution in [0.2, 0.25) is 0 Å². The van der Waals surface area contributed by atoms with Gasteiger partial charge in [-0.25, -0.2) is 0 Å². The quantitative estimate of drug-likeness (QED) is 0.772. The van der Waals surface area contributed by atoms with E-state index >= 15 is 0 Å². The molecule has 2 nitrogen and oxygen atoms in total. The average Bonchev–Trinajstić information content (AvgIpc) is 2.89. The number of hydrogen-bond acceptors (Lipinski definition) is 2. The first kappa shape index (κ1) is 15.5. The van der Waals surface area contributed by atoms with E-state index in [0.29, 0.717) is 12.1 Å². The summed E-state index contributed by atoms with van der Waals surface area (Å²) in [5, 5.41) is 3.78. The first-order valence-corrected chi connectivity index (χ1v) is 8.34. The maximum atomic E-state index is 3.78. The van der Waals surface area contributed by atoms with Crippen LogP contribution in [0.5, 0.6) is 0 Å². The number of nitrogens with one attached hydrogen (secondary N) is 1. The van der Waals surface area contributed by atoms with Crippen LogP contribution in [0.4, 0.5) is 0 Å². The lowest BCUT2D eigenvalue weighted by atomic mass is 9.99. The van der Waals surface area contributed by atoms with E-state index in [1.54, 1.807) is 0 Å². The first-order valence-electron chi connectivity index (χ1n) is 8.34. The van der Waals surface area contributed by atoms with Crippen LogP contribution >= 0.6 is 0 Å². The minimum Gasteiger partial charge on any atom is -0.312 e. The molecule has 0 fully saturated rings. The molecule has 2 unspecified atom stereocenters. The molecule has 20 heavy (non-hydrogen) atoms. The Bertz CT molecular complexity index is 377. The van der Waals surface area contributed by atoms with Crippen LogP contribution in [0, 0.1) is 0 Å². The summed E-state index contributed by atoms with van der Waals surface area (Å²) in [7, 11) is 0. The van der Waals surface area contributed by atoms with Gasteiger partial charge in [0.25, 0.3) is 0 Å². The second-order valence-electron chi connectivity index (χ2n) is 6.00. The molecule has 0 bridgehead atoms. The average molecular weight is 274 g/mol. The number of rotatable bonds is 8. The molecule has 112 valence electrons. The van der Waals surface area contributed by atoms with Crippen LogP contribution in [-0.4, -0.2) is 23.5 Å². The topological polar surface area (TPSA) is 15.3 Å². The Hall–Kier alpha value is -0.860. The van der Waals surface area contributed by atoms with E-state index in [-0.39, 0.29) is 0 Å². The Kier molecular flexibility index (Phi) is 6.06. The highest BCUT2D eigenvalue weighted by atomic mass is 15.2. The van der Waals surface area contributed by atoms with Crippen LogP contribution < -0.4 is 5.32 Å². The van der Waals surface area contributed by atoms with Gasteiger partial charge >= 0.3 is 0 Å². The van der Waals surface area contributed by atoms with Gasteiger partial charge in [0.05, 0.1) is 0 Å². The van der Waals surface area contributed by atoms with Crippen molar-refractivity contribution in [3.8, 4) is 0 Å². The van der Waals surface area contributed by atoms with E-state index in [2.05, 4.69) is 55.3 Å². The van der Waals surface area contributed by atoms with Crippen LogP contribution in [0.15, 0.2) is 24.3 Å². The molecule has 0 amide bonds. The van der Waals surface area contributed by atoms with Crippen molar-refractivity contribution in [2.75, 3.05) is 6.54 Å². The Morgan fingerprint density at radius 1 is 1.05 bits per heavy atom. The molecular weight excluding hydrogens is 244 g/mol. The molecule has 1 aromatic carbocycles. The van der Waals surface area contributed by atoms with Crippen molar-refractivity contribution >= 4 is 0 Å². The van der Waals surface area contributed by atoms with E-state index in [9.17, 15) is 0 Å². The molecule has 0 saturated heterocycles. The molecule has 1 N–H and O–H groups in total. The molecule has 0 saturated carbocycles. The van der Waals surface area contributed by atoms with Gasteiger partial charge in [0.1, 0.15) is 0 Å². The predicted molar refractivity (Wildman–Crippen MR) is 86.8 cm³/mol. The Morgan fingerprint density at radius 3 is 2.20 bits per heavy atom. The lowest BCUT2D eigenvalue weighted by molar-refractivity contribution is 0.146. The number of fused-ring (bicyclic) bond motifs is 1. The molecular formula is C18H30N2. The monoisotopic (exact) mass is 274 g/mol. The summed E-state index contributed by atoms with van der Waals surface area (Å²) < 4.78 is 0. The summed E-state index contributed by atoms with van der Waals surface area (Å²) >= 11 is 0. The third kappa shape index (κ3) is 3.62. The number of benzene rings is 1. The number of nitrogens with zero attached hydrogens (tertiary/aromatic N) is 1. The summed E-state index contributed by atoms with van der Waals surface area (Å²) in [6, 6.07) is 10.2. The minimum atomic E-state index is 0.638. The second kappa shape index (κ2) is 7.80. The van der Waals surface area contributed by atoms with Crippen molar-refractivity contribution in [3.05, 3.63) is 35.4 Å². The van der Waals surface area contributed by atoms with Gasteiger partial charge in [-0.1, -0.05) is 51.5 Å². The molecule has 1 aromatic rings. The highest BCUT2D eigenvalue weighted by Crippen LogP contribution is 2.27. The molecule has 0 spiro atoms. The molecule has 0 aliphatic carbocycles. The zero-order valence-corrected chi connectivity index (χ0v) is 13.4. The fourth-order valence-electron chi connectivity index (χ4n) is 3.46. The van der Waals surface area contributed by atoms with Crippen LogP contribution in [0.25, 0.3) is 0 Å². The Morgan fingerprint density at radius 2 is 1.70 bits per heavy atom. The highest BCUT2D eigenvalue weighted by molar-refractivity contribution is 5.30. The first-order chi connectivity index (χ1) is 9.80. The summed E-state index contributed by atoms with van der Waals surface area (Å²) in [6.07, 6.45) is 5.00. The molecule has 2 heteroatoms. The van der Waals surface area contributed by atoms with Crippen LogP contribution in [0.1, 0.15) is 57.6 Å². The minimum absolute atomic E-state index is 0.638. The fourth-order valence-corrected chi connectivity index (χ4v) is 3.46. The maximum Gasteiger partial charge on any atom is 0.0253 e. The van der Waals surface area contributed by atoms with Gasteiger partial charge in [-0.15, -0.1) is 0 Å². The second-order valence-corrected chi connectivity index (χ2v) is 6.00. The van der Waals surface area contributed by atoms with Gasteiger partial charge in [-0.05, 0) is 36.9 Å². The van der Waals surface area contributed by atoms with E-state index in [1.165, 1.54) is 36.8 Å². The molecule has 0 aromatic heterocycles. The van der Waals surface area contributed by atoms with Gasteiger partial charge < -0.3 is 5.32 Å². The van der Waals surface area contributed by atoms with Gasteiger partial charge in [-0.2, -0.15) is 0 Å². The van der Waals surface area contributed by atoms with E-state index in [0.717, 1.165) is 19.6 Å². The molecule has 2 rings (SSSR count). The van der Waals surface area contributed by atoms with Crippen LogP contribution in [0.3, 0.4) is 0 Å². The lowest BCUT2D eigenvalue weighted by Crippen LogP contribution is -2.48. The van der Waals surface area contributed by atoms with Gasteiger partial charge in [0.2, 0.25) is 0 Å². The number of hydrogen-bond donors (Lipinski definition) is 1. The SMILES string of the molecule is CCCNC(CCC)C(CC)N1Cc2ccccc2C1. The Balaban J connectivity index is 2.04. The fraction of sp³-hybridized carbons (Fsp3) is 0.667. The highest BCUT2D eigenvalue weighted by Gasteiger charge is 2.29. The molecule has 1 heterocycles. The van der Waals surface area contributed by atoms with Crippen molar-refractivity contribution < 1.29 is 0 Å². The Labute approximate surface area is 124 Å². The lowest BCUT2D eigenvalue weighted by Gasteiger charge is -2.34. The molecule has 1 aliphatic rings. The third-order valence-corrected chi connectivity index (χ3v) is 4.47. The summed E-state index contributed by atoms with van der Waals surface area (Å²) in [6.45, 7) is 10.3. The van der Waals surface area contributed by atoms with Crippen molar-refractivity contribution in [1.82, 2.24) is 10.2 Å². The summed E-state index contributed by atoms with van der Waals surface area (Å²) in [5.41, 5.74) is 3.05. The zero-order valence-electron chi connectivity index (χ0n) is 13.4. The largest absolute Gasteiger partial charge is 0.312 e. The smallest absolute Gasteiger partial charge is 0.0253 e. The third-order valence-electron chi connectivity index (χ3n) is 4.47. The van der Waals surface area contributed by atoms with Gasteiger partial charge in [0.15, 0.2) is 0 Å². The maximum absolute atomic E-state index is 3.78. The van der Waals surface area contributed by atoms with E-state index < -0.39 is 0 Å². The van der Waals surface area contributed by atoms with Crippen LogP contribution in [-0.2, 0) is 13.1 Å². The van der Waals surface area contributed by atoms with E-state index in [1.807, 2.05) is 0 Å². The van der Waals surface area contributed by atoms with Crippen molar-refractivity contribution in [3.63, 3.8) is 0 Å². The van der Waals surface area contributed by atoms with Crippen molar-refractivity contribution in [1.29, 1.82) is 0 Å². The normalized spacial score (nSPS) is 17.9. The van der Waals surface area contributed by atoms with E-state index in [4.69, 9.17) is 0 Å². The standard InChI is InChI=1S/C18H30N2/c1-4-9-17(19-12-5-2)18(6-3)20-13-15-10-7-8-11-16(15)14-20/h7-8,10-11,17-19H,4-6,9,12-14H2,1-3H3. The summed E-state index contributed by atoms with van der Waals surface area (Å²) in [5.74, 6) is 0. The predicted octanol–water partition coefficient (Wildman–Crippen LogP) is 3.95. The van der Waals surface area contributed by atoms with Gasteiger partial charge in [-0.3, -0.25) is 4.90 Å². The summed E-state index contributed by atoms with van der Waals surface area (Å²) in [4.78, 5) is 2.67. The molecule has 1 aliphatic heterocycles. The molecule has 2 atom stereocenters. The zero-order chi connectivity index (χ0) is 14.4.